The van der Waals surface area contributed by atoms with Crippen molar-refractivity contribution < 1.29 is 9.50 Å². The molecule has 0 aliphatic carbocycles. The lowest BCUT2D eigenvalue weighted by molar-refractivity contribution is 0.262. The first-order valence-corrected chi connectivity index (χ1v) is 12.2. The molecule has 6 nitrogen and oxygen atoms in total. The second kappa shape index (κ2) is 10.4. The van der Waals surface area contributed by atoms with E-state index in [2.05, 4.69) is 16.0 Å². The summed E-state index contributed by atoms with van der Waals surface area (Å²) < 4.78 is 17.1. The largest absolute Gasteiger partial charge is 0.396 e. The average molecular weight is 479 g/mol. The number of halogens is 1. The fourth-order valence-corrected chi connectivity index (χ4v) is 4.75. The minimum atomic E-state index is -0.443. The number of hydrogen-bond acceptors (Lipinski definition) is 5. The van der Waals surface area contributed by atoms with Crippen molar-refractivity contribution in [2.75, 3.05) is 12.9 Å². The predicted octanol–water partition coefficient (Wildman–Crippen LogP) is 4.47. The topological polar surface area (TPSA) is 72.9 Å². The third-order valence-corrected chi connectivity index (χ3v) is 6.49. The molecule has 0 aliphatic heterocycles. The first-order chi connectivity index (χ1) is 16.4. The van der Waals surface area contributed by atoms with Gasteiger partial charge in [-0.3, -0.25) is 9.36 Å². The highest BCUT2D eigenvalue weighted by molar-refractivity contribution is 7.98. The molecule has 176 valence electrons. The van der Waals surface area contributed by atoms with E-state index in [4.69, 9.17) is 0 Å². The summed E-state index contributed by atoms with van der Waals surface area (Å²) in [6.07, 6.45) is 8.01. The van der Waals surface area contributed by atoms with Gasteiger partial charge in [0.05, 0.1) is 18.1 Å². The number of nitrogens with zero attached hydrogens (tertiary/aromatic N) is 4. The summed E-state index contributed by atoms with van der Waals surface area (Å²) >= 11 is 1.37. The number of aryl methyl sites for hydroxylation is 2. The van der Waals surface area contributed by atoms with Gasteiger partial charge in [0, 0.05) is 36.7 Å². The Hall–Kier alpha value is -3.23. The first-order valence-electron chi connectivity index (χ1n) is 11.0. The van der Waals surface area contributed by atoms with Gasteiger partial charge in [-0.2, -0.15) is 0 Å². The van der Waals surface area contributed by atoms with Crippen molar-refractivity contribution in [1.29, 1.82) is 0 Å². The predicted molar refractivity (Wildman–Crippen MR) is 132 cm³/mol. The molecule has 0 saturated carbocycles. The van der Waals surface area contributed by atoms with E-state index in [1.807, 2.05) is 43.0 Å². The Balaban J connectivity index is 1.71. The normalized spacial score (nSPS) is 12.1. The average Bonchev–Trinajstić information content (AvgIpc) is 3.25. The number of imidazole rings is 1. The van der Waals surface area contributed by atoms with Gasteiger partial charge in [-0.25, -0.2) is 14.4 Å². The molecular formula is C26H27FN4O2S. The van der Waals surface area contributed by atoms with Gasteiger partial charge in [0.25, 0.3) is 5.56 Å². The van der Waals surface area contributed by atoms with Crippen molar-refractivity contribution in [3.8, 4) is 5.69 Å². The zero-order valence-electron chi connectivity index (χ0n) is 19.4. The molecule has 0 bridgehead atoms. The van der Waals surface area contributed by atoms with Crippen LogP contribution in [0.25, 0.3) is 5.69 Å². The summed E-state index contributed by atoms with van der Waals surface area (Å²) in [5.74, 6) is -0.347. The Morgan fingerprint density at radius 1 is 1.12 bits per heavy atom. The number of benzene rings is 2. The van der Waals surface area contributed by atoms with Gasteiger partial charge in [0.2, 0.25) is 0 Å². The number of rotatable bonds is 8. The van der Waals surface area contributed by atoms with Crippen molar-refractivity contribution in [2.24, 2.45) is 0 Å². The molecule has 0 radical (unpaired) electrons. The lowest BCUT2D eigenvalue weighted by Gasteiger charge is -2.22. The minimum Gasteiger partial charge on any atom is -0.396 e. The summed E-state index contributed by atoms with van der Waals surface area (Å²) in [4.78, 5) is 22.5. The molecule has 1 N–H and O–H groups in total. The highest BCUT2D eigenvalue weighted by atomic mass is 32.2. The van der Waals surface area contributed by atoms with E-state index in [1.165, 1.54) is 23.9 Å². The van der Waals surface area contributed by atoms with E-state index < -0.39 is 6.04 Å². The first kappa shape index (κ1) is 23.9. The van der Waals surface area contributed by atoms with Crippen LogP contribution in [0.15, 0.2) is 71.1 Å². The number of aliphatic hydroxyl groups is 1. The van der Waals surface area contributed by atoms with Gasteiger partial charge in [-0.05, 0) is 61.4 Å². The van der Waals surface area contributed by atoms with Crippen molar-refractivity contribution in [3.05, 3.63) is 105 Å². The van der Waals surface area contributed by atoms with Gasteiger partial charge < -0.3 is 9.67 Å². The van der Waals surface area contributed by atoms with E-state index in [1.54, 1.807) is 29.2 Å². The summed E-state index contributed by atoms with van der Waals surface area (Å²) in [6.45, 7) is 3.88. The van der Waals surface area contributed by atoms with Crippen molar-refractivity contribution in [1.82, 2.24) is 19.1 Å². The van der Waals surface area contributed by atoms with Crippen LogP contribution in [0.3, 0.4) is 0 Å². The fraction of sp³-hybridized carbons (Fsp3) is 0.269. The maximum absolute atomic E-state index is 13.6. The molecule has 0 spiro atoms. The van der Waals surface area contributed by atoms with Gasteiger partial charge in [0.1, 0.15) is 5.82 Å². The molecule has 4 aromatic rings. The molecule has 8 heteroatoms. The van der Waals surface area contributed by atoms with Gasteiger partial charge >= 0.3 is 0 Å². The van der Waals surface area contributed by atoms with Crippen LogP contribution in [0.1, 0.15) is 40.4 Å². The SMILES string of the molecule is CSc1ncc(Cc2ccc(-n3cnc(C)c3)c(C)c2)c(=O)n1[C@H](CCO)c1ccc(F)cc1. The summed E-state index contributed by atoms with van der Waals surface area (Å²) in [5.41, 5.74) is 5.22. The third kappa shape index (κ3) is 4.98. The minimum absolute atomic E-state index is 0.110. The Morgan fingerprint density at radius 3 is 2.50 bits per heavy atom. The molecule has 0 amide bonds. The second-order valence-electron chi connectivity index (χ2n) is 8.24. The molecule has 2 aromatic heterocycles. The molecule has 34 heavy (non-hydrogen) atoms. The monoisotopic (exact) mass is 478 g/mol. The summed E-state index contributed by atoms with van der Waals surface area (Å²) in [7, 11) is 0. The highest BCUT2D eigenvalue weighted by Crippen LogP contribution is 2.26. The zero-order valence-corrected chi connectivity index (χ0v) is 20.2. The Morgan fingerprint density at radius 2 is 1.88 bits per heavy atom. The van der Waals surface area contributed by atoms with Crippen molar-refractivity contribution in [3.63, 3.8) is 0 Å². The van der Waals surface area contributed by atoms with Crippen molar-refractivity contribution >= 4 is 11.8 Å². The van der Waals surface area contributed by atoms with Gasteiger partial charge in [0.15, 0.2) is 5.16 Å². The van der Waals surface area contributed by atoms with Crippen LogP contribution >= 0.6 is 11.8 Å². The Bertz CT molecular complexity index is 1350. The standard InChI is InChI=1S/C26H27FN4O2S/c1-17-12-19(4-9-23(17)30-15-18(2)29-16-30)13-21-14-28-26(34-3)31(25(21)33)24(10-11-32)20-5-7-22(27)8-6-20/h4-9,12,14-16,24,32H,10-11,13H2,1-3H3/t24-/m1/s1. The number of aliphatic hydroxyl groups excluding tert-OH is 1. The summed E-state index contributed by atoms with van der Waals surface area (Å²) in [5, 5.41) is 10.3. The molecule has 4 rings (SSSR count). The number of thioether (sulfide) groups is 1. The van der Waals surface area contributed by atoms with Gasteiger partial charge in [-0.1, -0.05) is 36.0 Å². The molecule has 2 heterocycles. The van der Waals surface area contributed by atoms with Crippen LogP contribution in [0.4, 0.5) is 4.39 Å². The van der Waals surface area contributed by atoms with Crippen LogP contribution in [0, 0.1) is 19.7 Å². The lowest BCUT2D eigenvalue weighted by Crippen LogP contribution is -2.31. The lowest BCUT2D eigenvalue weighted by atomic mass is 10.0. The highest BCUT2D eigenvalue weighted by Gasteiger charge is 2.21. The van der Waals surface area contributed by atoms with E-state index in [-0.39, 0.29) is 18.0 Å². The molecule has 1 atom stereocenters. The van der Waals surface area contributed by atoms with E-state index in [0.717, 1.165) is 28.1 Å². The van der Waals surface area contributed by atoms with Crippen LogP contribution in [-0.4, -0.2) is 37.1 Å². The Labute approximate surface area is 202 Å². The van der Waals surface area contributed by atoms with Crippen LogP contribution in [0.2, 0.25) is 0 Å². The molecule has 2 aromatic carbocycles. The van der Waals surface area contributed by atoms with E-state index >= 15 is 0 Å². The Kier molecular flexibility index (Phi) is 7.29. The zero-order chi connectivity index (χ0) is 24.2. The summed E-state index contributed by atoms with van der Waals surface area (Å²) in [6, 6.07) is 11.7. The molecule has 0 unspecified atom stereocenters. The van der Waals surface area contributed by atoms with Crippen LogP contribution in [-0.2, 0) is 6.42 Å². The van der Waals surface area contributed by atoms with E-state index in [0.29, 0.717) is 23.6 Å². The van der Waals surface area contributed by atoms with Crippen LogP contribution < -0.4 is 5.56 Å². The molecule has 0 aliphatic rings. The smallest absolute Gasteiger partial charge is 0.258 e. The van der Waals surface area contributed by atoms with Crippen molar-refractivity contribution in [2.45, 2.75) is 37.9 Å². The maximum atomic E-state index is 13.6. The third-order valence-electron chi connectivity index (χ3n) is 5.83. The fourth-order valence-electron chi connectivity index (χ4n) is 4.18. The van der Waals surface area contributed by atoms with Gasteiger partial charge in [-0.15, -0.1) is 0 Å². The number of aromatic nitrogens is 4. The maximum Gasteiger partial charge on any atom is 0.258 e. The molecule has 0 saturated heterocycles. The quantitative estimate of drug-likeness (QED) is 0.299. The number of hydrogen-bond donors (Lipinski definition) is 1. The van der Waals surface area contributed by atoms with E-state index in [9.17, 15) is 14.3 Å². The molecular weight excluding hydrogens is 451 g/mol. The molecule has 0 fully saturated rings. The van der Waals surface area contributed by atoms with Crippen LogP contribution in [0.5, 0.6) is 0 Å². The second-order valence-corrected chi connectivity index (χ2v) is 9.02.